The molecule has 0 saturated carbocycles. The molecule has 0 atom stereocenters. The number of imidazole rings is 1. The van der Waals surface area contributed by atoms with Crippen LogP contribution in [0.25, 0.3) is 10.6 Å². The first-order chi connectivity index (χ1) is 6.70. The highest BCUT2D eigenvalue weighted by Gasteiger charge is 2.11. The SMILES string of the molecule is CC(C)n1cnc(-c2cccs2)c1N. The molecule has 4 heteroatoms. The Kier molecular flexibility index (Phi) is 2.29. The maximum absolute atomic E-state index is 6.00. The molecule has 0 fully saturated rings. The van der Waals surface area contributed by atoms with Crippen LogP contribution in [0.1, 0.15) is 19.9 Å². The van der Waals surface area contributed by atoms with Crippen molar-refractivity contribution in [3.63, 3.8) is 0 Å². The second kappa shape index (κ2) is 3.46. The van der Waals surface area contributed by atoms with Crippen LogP contribution in [0.15, 0.2) is 23.8 Å². The number of aromatic nitrogens is 2. The summed E-state index contributed by atoms with van der Waals surface area (Å²) in [6, 6.07) is 4.40. The number of hydrogen-bond donors (Lipinski definition) is 1. The van der Waals surface area contributed by atoms with E-state index in [4.69, 9.17) is 5.73 Å². The number of nitrogens with two attached hydrogens (primary N) is 1. The van der Waals surface area contributed by atoms with Crippen LogP contribution >= 0.6 is 11.3 Å². The normalized spacial score (nSPS) is 11.1. The number of nitrogen functional groups attached to an aromatic ring is 1. The van der Waals surface area contributed by atoms with Gasteiger partial charge in [0.25, 0.3) is 0 Å². The second-order valence-electron chi connectivity index (χ2n) is 3.46. The molecule has 2 rings (SSSR count). The molecular formula is C10H13N3S. The smallest absolute Gasteiger partial charge is 0.132 e. The van der Waals surface area contributed by atoms with E-state index >= 15 is 0 Å². The molecule has 74 valence electrons. The van der Waals surface area contributed by atoms with Gasteiger partial charge in [0.1, 0.15) is 11.5 Å². The van der Waals surface area contributed by atoms with Gasteiger partial charge in [-0.3, -0.25) is 0 Å². The summed E-state index contributed by atoms with van der Waals surface area (Å²) < 4.78 is 1.98. The third-order valence-corrected chi connectivity index (χ3v) is 3.02. The van der Waals surface area contributed by atoms with Crippen LogP contribution in [0.5, 0.6) is 0 Å². The molecule has 0 bridgehead atoms. The zero-order valence-electron chi connectivity index (χ0n) is 8.27. The van der Waals surface area contributed by atoms with Crippen molar-refractivity contribution in [1.82, 2.24) is 9.55 Å². The minimum absolute atomic E-state index is 0.358. The summed E-state index contributed by atoms with van der Waals surface area (Å²) in [5.41, 5.74) is 6.90. The highest BCUT2D eigenvalue weighted by molar-refractivity contribution is 7.13. The highest BCUT2D eigenvalue weighted by Crippen LogP contribution is 2.29. The molecule has 2 aromatic heterocycles. The van der Waals surface area contributed by atoms with Crippen molar-refractivity contribution in [3.8, 4) is 10.6 Å². The first-order valence-corrected chi connectivity index (χ1v) is 5.44. The van der Waals surface area contributed by atoms with E-state index in [9.17, 15) is 0 Å². The molecule has 0 aliphatic carbocycles. The van der Waals surface area contributed by atoms with E-state index in [1.165, 1.54) is 0 Å². The van der Waals surface area contributed by atoms with Gasteiger partial charge >= 0.3 is 0 Å². The lowest BCUT2D eigenvalue weighted by Crippen LogP contribution is -2.03. The van der Waals surface area contributed by atoms with Crippen molar-refractivity contribution in [2.45, 2.75) is 19.9 Å². The van der Waals surface area contributed by atoms with Crippen molar-refractivity contribution in [2.24, 2.45) is 0 Å². The fourth-order valence-corrected chi connectivity index (χ4v) is 2.11. The molecule has 2 aromatic rings. The largest absolute Gasteiger partial charge is 0.383 e. The van der Waals surface area contributed by atoms with Gasteiger partial charge in [-0.1, -0.05) is 6.07 Å². The summed E-state index contributed by atoms with van der Waals surface area (Å²) in [6.07, 6.45) is 1.80. The van der Waals surface area contributed by atoms with Gasteiger partial charge in [-0.2, -0.15) is 0 Å². The Hall–Kier alpha value is -1.29. The topological polar surface area (TPSA) is 43.8 Å². The van der Waals surface area contributed by atoms with E-state index in [1.54, 1.807) is 17.7 Å². The van der Waals surface area contributed by atoms with Crippen molar-refractivity contribution in [1.29, 1.82) is 0 Å². The first-order valence-electron chi connectivity index (χ1n) is 4.56. The molecule has 14 heavy (non-hydrogen) atoms. The van der Waals surface area contributed by atoms with E-state index in [0.717, 1.165) is 16.4 Å². The van der Waals surface area contributed by atoms with Gasteiger partial charge in [-0.15, -0.1) is 11.3 Å². The lowest BCUT2D eigenvalue weighted by Gasteiger charge is -2.08. The van der Waals surface area contributed by atoms with Gasteiger partial charge in [0.15, 0.2) is 0 Å². The third-order valence-electron chi connectivity index (χ3n) is 2.14. The Labute approximate surface area is 87.2 Å². The number of rotatable bonds is 2. The Morgan fingerprint density at radius 1 is 1.50 bits per heavy atom. The highest BCUT2D eigenvalue weighted by atomic mass is 32.1. The zero-order valence-corrected chi connectivity index (χ0v) is 9.08. The van der Waals surface area contributed by atoms with Crippen molar-refractivity contribution in [2.75, 3.05) is 5.73 Å². The molecule has 2 N–H and O–H groups in total. The maximum atomic E-state index is 6.00. The number of nitrogens with zero attached hydrogens (tertiary/aromatic N) is 2. The van der Waals surface area contributed by atoms with E-state index in [1.807, 2.05) is 22.1 Å². The van der Waals surface area contributed by atoms with Gasteiger partial charge in [-0.05, 0) is 25.3 Å². The van der Waals surface area contributed by atoms with Crippen LogP contribution in [0.3, 0.4) is 0 Å². The summed E-state index contributed by atoms with van der Waals surface area (Å²) in [6.45, 7) is 4.19. The summed E-state index contributed by atoms with van der Waals surface area (Å²) in [5, 5.41) is 2.03. The Morgan fingerprint density at radius 3 is 2.79 bits per heavy atom. The summed E-state index contributed by atoms with van der Waals surface area (Å²) >= 11 is 1.66. The number of thiophene rings is 1. The Balaban J connectivity index is 2.47. The Morgan fingerprint density at radius 2 is 2.29 bits per heavy atom. The summed E-state index contributed by atoms with van der Waals surface area (Å²) in [5.74, 6) is 0.752. The van der Waals surface area contributed by atoms with Gasteiger partial charge in [0.2, 0.25) is 0 Å². The molecule has 0 aliphatic rings. The molecule has 0 unspecified atom stereocenters. The maximum Gasteiger partial charge on any atom is 0.132 e. The third kappa shape index (κ3) is 1.42. The molecule has 0 radical (unpaired) electrons. The van der Waals surface area contributed by atoms with Crippen LogP contribution in [-0.2, 0) is 0 Å². The van der Waals surface area contributed by atoms with Gasteiger partial charge in [-0.25, -0.2) is 4.98 Å². The number of anilines is 1. The molecule has 2 heterocycles. The quantitative estimate of drug-likeness (QED) is 0.823. The first kappa shape index (κ1) is 9.27. The predicted octanol–water partition coefficient (Wildman–Crippen LogP) is 2.77. The fraction of sp³-hybridized carbons (Fsp3) is 0.300. The fourth-order valence-electron chi connectivity index (χ4n) is 1.39. The molecule has 0 aromatic carbocycles. The summed E-state index contributed by atoms with van der Waals surface area (Å²) in [7, 11) is 0. The van der Waals surface area contributed by atoms with Crippen molar-refractivity contribution >= 4 is 17.2 Å². The van der Waals surface area contributed by atoms with E-state index in [2.05, 4.69) is 18.8 Å². The van der Waals surface area contributed by atoms with Crippen LogP contribution in [-0.4, -0.2) is 9.55 Å². The molecule has 0 spiro atoms. The van der Waals surface area contributed by atoms with Gasteiger partial charge in [0.05, 0.1) is 11.2 Å². The van der Waals surface area contributed by atoms with Crippen LogP contribution in [0.2, 0.25) is 0 Å². The molecule has 3 nitrogen and oxygen atoms in total. The minimum Gasteiger partial charge on any atom is -0.383 e. The Bertz CT molecular complexity index is 415. The van der Waals surface area contributed by atoms with Crippen molar-refractivity contribution in [3.05, 3.63) is 23.8 Å². The molecule has 0 saturated heterocycles. The molecule has 0 amide bonds. The van der Waals surface area contributed by atoms with E-state index in [-0.39, 0.29) is 0 Å². The van der Waals surface area contributed by atoms with Crippen molar-refractivity contribution < 1.29 is 0 Å². The number of hydrogen-bond acceptors (Lipinski definition) is 3. The lowest BCUT2D eigenvalue weighted by atomic mass is 10.3. The van der Waals surface area contributed by atoms with E-state index < -0.39 is 0 Å². The second-order valence-corrected chi connectivity index (χ2v) is 4.40. The van der Waals surface area contributed by atoms with Crippen LogP contribution in [0, 0.1) is 0 Å². The zero-order chi connectivity index (χ0) is 10.1. The monoisotopic (exact) mass is 207 g/mol. The molecular weight excluding hydrogens is 194 g/mol. The van der Waals surface area contributed by atoms with E-state index in [0.29, 0.717) is 6.04 Å². The lowest BCUT2D eigenvalue weighted by molar-refractivity contribution is 0.607. The van der Waals surface area contributed by atoms with Gasteiger partial charge in [0, 0.05) is 6.04 Å². The molecule has 0 aliphatic heterocycles. The van der Waals surface area contributed by atoms with Gasteiger partial charge < -0.3 is 10.3 Å². The summed E-state index contributed by atoms with van der Waals surface area (Å²) in [4.78, 5) is 5.45. The predicted molar refractivity (Wildman–Crippen MR) is 60.3 cm³/mol. The average Bonchev–Trinajstić information content (AvgIpc) is 2.71. The van der Waals surface area contributed by atoms with Crippen LogP contribution in [0.4, 0.5) is 5.82 Å². The average molecular weight is 207 g/mol. The standard InChI is InChI=1S/C10H13N3S/c1-7(2)13-6-12-9(10(13)11)8-4-3-5-14-8/h3-7H,11H2,1-2H3. The minimum atomic E-state index is 0.358. The van der Waals surface area contributed by atoms with Crippen LogP contribution < -0.4 is 5.73 Å².